The Bertz CT molecular complexity index is 1110. The average molecular weight is 431 g/mol. The predicted octanol–water partition coefficient (Wildman–Crippen LogP) is 2.76. The zero-order chi connectivity index (χ0) is 21.4. The molecule has 0 unspecified atom stereocenters. The van der Waals surface area contributed by atoms with Crippen molar-refractivity contribution in [2.24, 2.45) is 13.0 Å². The van der Waals surface area contributed by atoms with Gasteiger partial charge >= 0.3 is 0 Å². The lowest BCUT2D eigenvalue weighted by molar-refractivity contribution is -0.121. The fourth-order valence-electron chi connectivity index (χ4n) is 3.91. The van der Waals surface area contributed by atoms with Crippen LogP contribution in [0.4, 0.5) is 5.82 Å². The van der Waals surface area contributed by atoms with E-state index in [1.807, 2.05) is 14.0 Å². The lowest BCUT2D eigenvalue weighted by Gasteiger charge is -2.31. The minimum Gasteiger partial charge on any atom is -0.496 e. The van der Waals surface area contributed by atoms with Crippen molar-refractivity contribution in [1.29, 1.82) is 0 Å². The molecule has 0 saturated carbocycles. The summed E-state index contributed by atoms with van der Waals surface area (Å²) in [7, 11) is 3.33. The van der Waals surface area contributed by atoms with Gasteiger partial charge in [-0.1, -0.05) is 11.6 Å². The van der Waals surface area contributed by atoms with Gasteiger partial charge in [0, 0.05) is 31.1 Å². The number of methoxy groups -OCH3 is 1. The third-order valence-corrected chi connectivity index (χ3v) is 5.74. The minimum absolute atomic E-state index is 0.0868. The lowest BCUT2D eigenvalue weighted by Crippen LogP contribution is -2.41. The number of carbonyl (C=O) groups excluding carboxylic acids is 2. The number of carbonyl (C=O) groups is 2. The van der Waals surface area contributed by atoms with Crippen molar-refractivity contribution >= 4 is 40.3 Å². The van der Waals surface area contributed by atoms with Crippen LogP contribution in [0.2, 0.25) is 5.02 Å². The van der Waals surface area contributed by atoms with E-state index >= 15 is 0 Å². The van der Waals surface area contributed by atoms with Crippen molar-refractivity contribution < 1.29 is 14.3 Å². The fraction of sp³-hybridized carbons (Fsp3) is 0.400. The van der Waals surface area contributed by atoms with Crippen LogP contribution < -0.4 is 10.1 Å². The van der Waals surface area contributed by atoms with Gasteiger partial charge in [0.15, 0.2) is 5.65 Å². The van der Waals surface area contributed by atoms with Crippen LogP contribution in [0.25, 0.3) is 11.0 Å². The number of likely N-dealkylation sites (tertiary alicyclic amines) is 1. The maximum Gasteiger partial charge on any atom is 0.257 e. The number of aryl methyl sites for hydroxylation is 2. The van der Waals surface area contributed by atoms with Crippen LogP contribution >= 0.6 is 11.6 Å². The molecule has 1 saturated heterocycles. The standard InChI is InChI=1S/C20H23ClN6O3/c1-11-16-17(23-24-18(16)26(2)25-11)22-19(28)12-6-8-27(9-7-12)20(29)14-10-13(21)4-5-15(14)30-3/h4-5,10,12H,6-9H2,1-3H3,(H2,22,23,24,28). The third-order valence-electron chi connectivity index (χ3n) is 5.51. The van der Waals surface area contributed by atoms with E-state index in [9.17, 15) is 9.59 Å². The van der Waals surface area contributed by atoms with Gasteiger partial charge in [0.1, 0.15) is 11.6 Å². The molecule has 0 radical (unpaired) electrons. The van der Waals surface area contributed by atoms with Gasteiger partial charge in [0.25, 0.3) is 5.91 Å². The number of piperidine rings is 1. The molecule has 1 fully saturated rings. The number of fused-ring (bicyclic) bond motifs is 1. The molecule has 3 aromatic rings. The number of nitrogens with zero attached hydrogens (tertiary/aromatic N) is 4. The van der Waals surface area contributed by atoms with Crippen LogP contribution in [0.15, 0.2) is 18.2 Å². The third kappa shape index (κ3) is 3.60. The van der Waals surface area contributed by atoms with E-state index in [2.05, 4.69) is 20.6 Å². The molecule has 1 aliphatic rings. The Morgan fingerprint density at radius 3 is 2.73 bits per heavy atom. The molecule has 3 heterocycles. The van der Waals surface area contributed by atoms with Crippen molar-refractivity contribution in [2.75, 3.05) is 25.5 Å². The van der Waals surface area contributed by atoms with E-state index in [1.165, 1.54) is 7.11 Å². The number of hydrogen-bond donors (Lipinski definition) is 2. The number of benzene rings is 1. The normalized spacial score (nSPS) is 14.9. The van der Waals surface area contributed by atoms with Gasteiger partial charge in [-0.3, -0.25) is 14.7 Å². The molecule has 0 spiro atoms. The first kappa shape index (κ1) is 20.2. The van der Waals surface area contributed by atoms with Gasteiger partial charge in [-0.25, -0.2) is 4.68 Å². The van der Waals surface area contributed by atoms with Gasteiger partial charge in [0.2, 0.25) is 5.91 Å². The molecule has 30 heavy (non-hydrogen) atoms. The highest BCUT2D eigenvalue weighted by atomic mass is 35.5. The van der Waals surface area contributed by atoms with E-state index in [-0.39, 0.29) is 17.7 Å². The average Bonchev–Trinajstić information content (AvgIpc) is 3.29. The molecule has 1 aliphatic heterocycles. The number of aromatic nitrogens is 4. The molecular formula is C20H23ClN6O3. The Kier molecular flexibility index (Phi) is 5.38. The number of nitrogens with one attached hydrogen (secondary N) is 2. The summed E-state index contributed by atoms with van der Waals surface area (Å²) in [4.78, 5) is 27.4. The molecule has 10 heteroatoms. The minimum atomic E-state index is -0.189. The monoisotopic (exact) mass is 430 g/mol. The summed E-state index contributed by atoms with van der Waals surface area (Å²) >= 11 is 6.05. The molecule has 0 atom stereocenters. The van der Waals surface area contributed by atoms with Gasteiger partial charge < -0.3 is 15.0 Å². The second kappa shape index (κ2) is 7.98. The Morgan fingerprint density at radius 2 is 2.03 bits per heavy atom. The van der Waals surface area contributed by atoms with Crippen LogP contribution in [0.5, 0.6) is 5.75 Å². The Labute approximate surface area is 178 Å². The van der Waals surface area contributed by atoms with E-state index < -0.39 is 0 Å². The predicted molar refractivity (Wildman–Crippen MR) is 113 cm³/mol. The smallest absolute Gasteiger partial charge is 0.257 e. The highest BCUT2D eigenvalue weighted by Crippen LogP contribution is 2.28. The summed E-state index contributed by atoms with van der Waals surface area (Å²) in [5, 5.41) is 15.6. The van der Waals surface area contributed by atoms with Crippen molar-refractivity contribution in [3.05, 3.63) is 34.5 Å². The van der Waals surface area contributed by atoms with Crippen molar-refractivity contribution in [3.8, 4) is 5.75 Å². The second-order valence-electron chi connectivity index (χ2n) is 7.41. The van der Waals surface area contributed by atoms with Crippen LogP contribution in [0.3, 0.4) is 0 Å². The maximum atomic E-state index is 12.9. The molecule has 9 nitrogen and oxygen atoms in total. The molecule has 4 rings (SSSR count). The SMILES string of the molecule is COc1ccc(Cl)cc1C(=O)N1CCC(C(=O)Nc2[nH]nc3c2c(C)nn3C)CC1. The van der Waals surface area contributed by atoms with Crippen molar-refractivity contribution in [3.63, 3.8) is 0 Å². The quantitative estimate of drug-likeness (QED) is 0.662. The van der Waals surface area contributed by atoms with Crippen molar-refractivity contribution in [1.82, 2.24) is 24.9 Å². The molecule has 2 N–H and O–H groups in total. The number of ether oxygens (including phenoxy) is 1. The topological polar surface area (TPSA) is 105 Å². The zero-order valence-electron chi connectivity index (χ0n) is 17.0. The van der Waals surface area contributed by atoms with Gasteiger partial charge in [-0.15, -0.1) is 0 Å². The number of amides is 2. The lowest BCUT2D eigenvalue weighted by atomic mass is 9.95. The summed E-state index contributed by atoms with van der Waals surface area (Å²) in [6.07, 6.45) is 1.15. The van der Waals surface area contributed by atoms with E-state index in [0.29, 0.717) is 53.7 Å². The Morgan fingerprint density at radius 1 is 1.30 bits per heavy atom. The zero-order valence-corrected chi connectivity index (χ0v) is 17.8. The molecule has 158 valence electrons. The highest BCUT2D eigenvalue weighted by molar-refractivity contribution is 6.31. The number of hydrogen-bond acceptors (Lipinski definition) is 5. The van der Waals surface area contributed by atoms with Gasteiger partial charge in [0.05, 0.1) is 23.8 Å². The molecule has 0 bridgehead atoms. The van der Waals surface area contributed by atoms with Crippen molar-refractivity contribution in [2.45, 2.75) is 19.8 Å². The van der Waals surface area contributed by atoms with Crippen LogP contribution in [0, 0.1) is 12.8 Å². The van der Waals surface area contributed by atoms with Gasteiger partial charge in [-0.05, 0) is 38.0 Å². The molecular weight excluding hydrogens is 408 g/mol. The number of anilines is 1. The molecule has 2 aromatic heterocycles. The highest BCUT2D eigenvalue weighted by Gasteiger charge is 2.30. The summed E-state index contributed by atoms with van der Waals surface area (Å²) in [5.41, 5.74) is 1.92. The largest absolute Gasteiger partial charge is 0.496 e. The Balaban J connectivity index is 1.41. The number of halogens is 1. The molecule has 0 aliphatic carbocycles. The number of rotatable bonds is 4. The summed E-state index contributed by atoms with van der Waals surface area (Å²) in [5.74, 6) is 0.624. The molecule has 2 amide bonds. The molecule has 1 aromatic carbocycles. The second-order valence-corrected chi connectivity index (χ2v) is 7.84. The summed E-state index contributed by atoms with van der Waals surface area (Å²) < 4.78 is 6.96. The van der Waals surface area contributed by atoms with Crippen LogP contribution in [-0.2, 0) is 11.8 Å². The number of H-pyrrole nitrogens is 1. The summed E-state index contributed by atoms with van der Waals surface area (Å²) in [6.45, 7) is 2.84. The van der Waals surface area contributed by atoms with E-state index in [0.717, 1.165) is 11.1 Å². The first-order valence-corrected chi connectivity index (χ1v) is 10.1. The maximum absolute atomic E-state index is 12.9. The Hall–Kier alpha value is -3.07. The van der Waals surface area contributed by atoms with Crippen LogP contribution in [-0.4, -0.2) is 56.9 Å². The van der Waals surface area contributed by atoms with E-state index in [1.54, 1.807) is 27.8 Å². The van der Waals surface area contributed by atoms with E-state index in [4.69, 9.17) is 16.3 Å². The van der Waals surface area contributed by atoms with Crippen LogP contribution in [0.1, 0.15) is 28.9 Å². The first-order valence-electron chi connectivity index (χ1n) is 9.70. The summed E-state index contributed by atoms with van der Waals surface area (Å²) in [6, 6.07) is 4.98. The van der Waals surface area contributed by atoms with Gasteiger partial charge in [-0.2, -0.15) is 10.2 Å². The number of aromatic amines is 1. The first-order chi connectivity index (χ1) is 14.4. The fourth-order valence-corrected chi connectivity index (χ4v) is 4.08.